The van der Waals surface area contributed by atoms with Crippen molar-refractivity contribution < 1.29 is 13.6 Å². The molecule has 0 saturated heterocycles. The van der Waals surface area contributed by atoms with Gasteiger partial charge >= 0.3 is 0 Å². The Labute approximate surface area is 130 Å². The van der Waals surface area contributed by atoms with Crippen molar-refractivity contribution in [2.24, 2.45) is 0 Å². The number of hydrogen-bond acceptors (Lipinski definition) is 5. The van der Waals surface area contributed by atoms with Crippen LogP contribution in [0.4, 0.5) is 4.39 Å². The monoisotopic (exact) mass is 314 g/mol. The molecule has 2 aromatic carbocycles. The summed E-state index contributed by atoms with van der Waals surface area (Å²) < 4.78 is 19.0. The van der Waals surface area contributed by atoms with Crippen LogP contribution in [0.25, 0.3) is 11.5 Å². The van der Waals surface area contributed by atoms with E-state index < -0.39 is 5.82 Å². The lowest BCUT2D eigenvalue weighted by Crippen LogP contribution is -2.04. The van der Waals surface area contributed by atoms with Gasteiger partial charge < -0.3 is 4.42 Å². The van der Waals surface area contributed by atoms with Gasteiger partial charge in [0.1, 0.15) is 5.82 Å². The van der Waals surface area contributed by atoms with Crippen molar-refractivity contribution in [2.45, 2.75) is 5.22 Å². The molecule has 4 nitrogen and oxygen atoms in total. The Morgan fingerprint density at radius 2 is 1.77 bits per heavy atom. The van der Waals surface area contributed by atoms with E-state index in [0.29, 0.717) is 5.89 Å². The summed E-state index contributed by atoms with van der Waals surface area (Å²) in [5.41, 5.74) is 0.875. The molecule has 0 saturated carbocycles. The number of aromatic nitrogens is 2. The lowest BCUT2D eigenvalue weighted by molar-refractivity contribution is 0.101. The van der Waals surface area contributed by atoms with Gasteiger partial charge in [-0.05, 0) is 24.3 Å². The number of Topliss-reactive ketones (excluding diaryl/α,β-unsaturated/α-hetero) is 1. The number of benzene rings is 2. The van der Waals surface area contributed by atoms with Gasteiger partial charge in [0.25, 0.3) is 5.22 Å². The first-order valence-corrected chi connectivity index (χ1v) is 7.52. The van der Waals surface area contributed by atoms with Crippen LogP contribution in [0.3, 0.4) is 0 Å². The minimum absolute atomic E-state index is 0.0390. The van der Waals surface area contributed by atoms with Crippen molar-refractivity contribution in [1.82, 2.24) is 10.2 Å². The molecule has 0 N–H and O–H groups in total. The number of thioether (sulfide) groups is 1. The van der Waals surface area contributed by atoms with Gasteiger partial charge in [-0.2, -0.15) is 0 Å². The Hall–Kier alpha value is -2.47. The van der Waals surface area contributed by atoms with Crippen LogP contribution in [0.1, 0.15) is 10.4 Å². The number of halogens is 1. The van der Waals surface area contributed by atoms with Crippen molar-refractivity contribution in [3.63, 3.8) is 0 Å². The molecule has 3 aromatic rings. The van der Waals surface area contributed by atoms with Gasteiger partial charge in [-0.25, -0.2) is 4.39 Å². The van der Waals surface area contributed by atoms with E-state index in [1.54, 1.807) is 12.1 Å². The first kappa shape index (κ1) is 14.5. The maximum absolute atomic E-state index is 13.5. The van der Waals surface area contributed by atoms with Gasteiger partial charge in [-0.1, -0.05) is 42.1 Å². The van der Waals surface area contributed by atoms with Crippen molar-refractivity contribution in [1.29, 1.82) is 0 Å². The molecule has 0 aliphatic rings. The maximum atomic E-state index is 13.5. The predicted molar refractivity (Wildman–Crippen MR) is 81.2 cm³/mol. The SMILES string of the molecule is O=C(CSc1nnc(-c2ccccc2)o1)c1ccccc1F. The summed E-state index contributed by atoms with van der Waals surface area (Å²) in [5, 5.41) is 8.09. The Kier molecular flexibility index (Phi) is 4.29. The molecule has 22 heavy (non-hydrogen) atoms. The molecule has 0 aliphatic heterocycles. The minimum atomic E-state index is -0.524. The molecule has 0 radical (unpaired) electrons. The highest BCUT2D eigenvalue weighted by Gasteiger charge is 2.14. The molecule has 0 amide bonds. The van der Waals surface area contributed by atoms with E-state index in [2.05, 4.69) is 10.2 Å². The second kappa shape index (κ2) is 6.53. The Morgan fingerprint density at radius 3 is 2.55 bits per heavy atom. The molecule has 1 aromatic heterocycles. The first-order valence-electron chi connectivity index (χ1n) is 6.53. The number of hydrogen-bond donors (Lipinski definition) is 0. The molecular weight excluding hydrogens is 303 g/mol. The van der Waals surface area contributed by atoms with Crippen molar-refractivity contribution in [3.8, 4) is 11.5 Å². The second-order valence-electron chi connectivity index (χ2n) is 4.43. The fourth-order valence-corrected chi connectivity index (χ4v) is 2.50. The van der Waals surface area contributed by atoms with E-state index in [-0.39, 0.29) is 22.3 Å². The van der Waals surface area contributed by atoms with E-state index in [9.17, 15) is 9.18 Å². The molecule has 1 heterocycles. The van der Waals surface area contributed by atoms with Crippen LogP contribution in [-0.2, 0) is 0 Å². The summed E-state index contributed by atoms with van der Waals surface area (Å²) in [5.74, 6) is -0.412. The number of carbonyl (C=O) groups is 1. The van der Waals surface area contributed by atoms with E-state index in [4.69, 9.17) is 4.42 Å². The Morgan fingerprint density at radius 1 is 1.05 bits per heavy atom. The largest absolute Gasteiger partial charge is 0.411 e. The standard InChI is InChI=1S/C16H11FN2O2S/c17-13-9-5-4-8-12(13)14(20)10-22-16-19-18-15(21-16)11-6-2-1-3-7-11/h1-9H,10H2. The van der Waals surface area contributed by atoms with Crippen LogP contribution in [0.5, 0.6) is 0 Å². The summed E-state index contributed by atoms with van der Waals surface area (Å²) in [7, 11) is 0. The highest BCUT2D eigenvalue weighted by Crippen LogP contribution is 2.23. The van der Waals surface area contributed by atoms with E-state index in [1.165, 1.54) is 12.1 Å². The van der Waals surface area contributed by atoms with Gasteiger partial charge in [0.05, 0.1) is 11.3 Å². The zero-order chi connectivity index (χ0) is 15.4. The summed E-state index contributed by atoms with van der Waals surface area (Å²) in [6, 6.07) is 15.2. The number of carbonyl (C=O) groups excluding carboxylic acids is 1. The fraction of sp³-hybridized carbons (Fsp3) is 0.0625. The van der Waals surface area contributed by atoms with Crippen LogP contribution in [0, 0.1) is 5.82 Å². The fourth-order valence-electron chi connectivity index (χ4n) is 1.86. The van der Waals surface area contributed by atoms with Crippen LogP contribution >= 0.6 is 11.8 Å². The molecule has 0 fully saturated rings. The highest BCUT2D eigenvalue weighted by molar-refractivity contribution is 7.99. The van der Waals surface area contributed by atoms with Gasteiger partial charge in [0.15, 0.2) is 5.78 Å². The first-order chi connectivity index (χ1) is 10.7. The highest BCUT2D eigenvalue weighted by atomic mass is 32.2. The van der Waals surface area contributed by atoms with Gasteiger partial charge in [-0.15, -0.1) is 10.2 Å². The number of rotatable bonds is 5. The number of nitrogens with zero attached hydrogens (tertiary/aromatic N) is 2. The van der Waals surface area contributed by atoms with Gasteiger partial charge in [0, 0.05) is 5.56 Å². The Bertz CT molecular complexity index is 790. The molecule has 6 heteroatoms. The maximum Gasteiger partial charge on any atom is 0.277 e. The third kappa shape index (κ3) is 3.23. The van der Waals surface area contributed by atoms with E-state index in [1.807, 2.05) is 30.3 Å². The quantitative estimate of drug-likeness (QED) is 0.529. The summed E-state index contributed by atoms with van der Waals surface area (Å²) >= 11 is 1.09. The lowest BCUT2D eigenvalue weighted by Gasteiger charge is -2.00. The zero-order valence-electron chi connectivity index (χ0n) is 11.4. The molecule has 0 bridgehead atoms. The third-order valence-corrected chi connectivity index (χ3v) is 3.75. The van der Waals surface area contributed by atoms with Crippen LogP contribution in [0.15, 0.2) is 64.2 Å². The van der Waals surface area contributed by atoms with E-state index in [0.717, 1.165) is 17.3 Å². The molecule has 3 rings (SSSR count). The molecule has 0 aliphatic carbocycles. The Balaban J connectivity index is 1.67. The zero-order valence-corrected chi connectivity index (χ0v) is 12.2. The average molecular weight is 314 g/mol. The molecule has 0 atom stereocenters. The van der Waals surface area contributed by atoms with Crippen molar-refractivity contribution in [3.05, 3.63) is 66.0 Å². The van der Waals surface area contributed by atoms with Gasteiger partial charge in [-0.3, -0.25) is 4.79 Å². The lowest BCUT2D eigenvalue weighted by atomic mass is 10.1. The van der Waals surface area contributed by atoms with Gasteiger partial charge in [0.2, 0.25) is 5.89 Å². The summed E-state index contributed by atoms with van der Waals surface area (Å²) in [6.07, 6.45) is 0. The minimum Gasteiger partial charge on any atom is -0.411 e. The van der Waals surface area contributed by atoms with Crippen LogP contribution < -0.4 is 0 Å². The van der Waals surface area contributed by atoms with Crippen molar-refractivity contribution >= 4 is 17.5 Å². The van der Waals surface area contributed by atoms with Crippen LogP contribution in [-0.4, -0.2) is 21.7 Å². The second-order valence-corrected chi connectivity index (χ2v) is 5.36. The topological polar surface area (TPSA) is 56.0 Å². The normalized spacial score (nSPS) is 10.6. The summed E-state index contributed by atoms with van der Waals surface area (Å²) in [4.78, 5) is 12.0. The summed E-state index contributed by atoms with van der Waals surface area (Å²) in [6.45, 7) is 0. The predicted octanol–water partition coefficient (Wildman–Crippen LogP) is 3.85. The smallest absolute Gasteiger partial charge is 0.277 e. The molecule has 110 valence electrons. The number of ketones is 1. The molecule has 0 spiro atoms. The molecular formula is C16H11FN2O2S. The third-order valence-electron chi connectivity index (χ3n) is 2.93. The van der Waals surface area contributed by atoms with Crippen LogP contribution in [0.2, 0.25) is 0 Å². The van der Waals surface area contributed by atoms with E-state index >= 15 is 0 Å². The molecule has 0 unspecified atom stereocenters. The van der Waals surface area contributed by atoms with Crippen molar-refractivity contribution in [2.75, 3.05) is 5.75 Å². The average Bonchev–Trinajstić information content (AvgIpc) is 3.03.